The minimum absolute atomic E-state index is 0.288. The van der Waals surface area contributed by atoms with Crippen LogP contribution in [-0.2, 0) is 29.5 Å². The molecule has 0 spiro atoms. The van der Waals surface area contributed by atoms with E-state index in [4.69, 9.17) is 0 Å². The van der Waals surface area contributed by atoms with Crippen LogP contribution in [0.5, 0.6) is 0 Å². The van der Waals surface area contributed by atoms with E-state index in [9.17, 15) is 25.3 Å². The second-order valence-corrected chi connectivity index (χ2v) is 22.2. The molecule has 6 atom stereocenters. The summed E-state index contributed by atoms with van der Waals surface area (Å²) in [6.45, 7) is 5.69. The summed E-state index contributed by atoms with van der Waals surface area (Å²) in [4.78, 5) is 0. The number of rotatable bonds is 15. The van der Waals surface area contributed by atoms with Crippen LogP contribution in [0.25, 0.3) is 0 Å². The van der Waals surface area contributed by atoms with E-state index in [1.165, 1.54) is 18.8 Å². The highest BCUT2D eigenvalue weighted by molar-refractivity contribution is 7.92. The lowest BCUT2D eigenvalue weighted by Gasteiger charge is -2.32. The van der Waals surface area contributed by atoms with Crippen molar-refractivity contribution in [2.75, 3.05) is 18.8 Å². The fourth-order valence-corrected chi connectivity index (χ4v) is 19.6. The summed E-state index contributed by atoms with van der Waals surface area (Å²) in [5.41, 5.74) is 2.67. The van der Waals surface area contributed by atoms with E-state index in [1.807, 2.05) is 112 Å². The van der Waals surface area contributed by atoms with Crippen LogP contribution in [0.15, 0.2) is 91.0 Å². The second-order valence-electron chi connectivity index (χ2n) is 12.3. The normalized spacial score (nSPS) is 16.9. The van der Waals surface area contributed by atoms with Crippen LogP contribution in [0.3, 0.4) is 0 Å². The lowest BCUT2D eigenvalue weighted by molar-refractivity contribution is 0.568. The maximum absolute atomic E-state index is 13.3. The van der Waals surface area contributed by atoms with Crippen molar-refractivity contribution in [2.45, 2.75) is 70.1 Å². The largest absolute Gasteiger partial charge is 0.266 e. The fourth-order valence-electron chi connectivity index (χ4n) is 6.44. The van der Waals surface area contributed by atoms with Crippen molar-refractivity contribution in [1.82, 2.24) is 0 Å². The van der Waals surface area contributed by atoms with E-state index in [0.717, 1.165) is 16.7 Å². The molecule has 0 amide bonds. The average molecular weight is 661 g/mol. The Labute approximate surface area is 264 Å². The van der Waals surface area contributed by atoms with Crippen LogP contribution in [0.2, 0.25) is 15.8 Å². The maximum atomic E-state index is 13.3. The van der Waals surface area contributed by atoms with E-state index in [0.29, 0.717) is 0 Å². The first-order valence-corrected chi connectivity index (χ1v) is 23.0. The van der Waals surface area contributed by atoms with Crippen LogP contribution in [0.1, 0.15) is 55.2 Å². The average Bonchev–Trinajstić information content (AvgIpc) is 2.95. The summed E-state index contributed by atoms with van der Waals surface area (Å²) >= 11 is -2.38. The Morgan fingerprint density at radius 2 is 0.651 bits per heavy atom. The highest BCUT2D eigenvalue weighted by Gasteiger charge is 2.41. The van der Waals surface area contributed by atoms with Gasteiger partial charge < -0.3 is 0 Å². The van der Waals surface area contributed by atoms with Gasteiger partial charge in [-0.2, -0.15) is 0 Å². The first-order valence-electron chi connectivity index (χ1n) is 14.7. The molecule has 3 aromatic rings. The molecule has 0 aliphatic heterocycles. The maximum Gasteiger partial charge on any atom is 0.266 e. The van der Waals surface area contributed by atoms with E-state index in [2.05, 4.69) is 0 Å². The van der Waals surface area contributed by atoms with Crippen LogP contribution >= 0.6 is 0 Å². The molecule has 0 heterocycles. The number of hydrogen-bond acceptors (Lipinski definition) is 6. The van der Waals surface area contributed by atoms with Gasteiger partial charge in [-0.1, -0.05) is 128 Å². The summed E-state index contributed by atoms with van der Waals surface area (Å²) in [6.07, 6.45) is 3.72. The van der Waals surface area contributed by atoms with Gasteiger partial charge in [-0.25, -0.2) is 25.3 Å². The third-order valence-electron chi connectivity index (χ3n) is 9.00. The van der Waals surface area contributed by atoms with Gasteiger partial charge in [0.15, 0.2) is 0 Å². The molecule has 0 N–H and O–H groups in total. The third kappa shape index (κ3) is 10.0. The smallest absolute Gasteiger partial charge is 0.229 e. The first-order chi connectivity index (χ1) is 20.0. The first kappa shape index (κ1) is 35.5. The summed E-state index contributed by atoms with van der Waals surface area (Å²) in [7, 11) is -10.7. The lowest BCUT2D eigenvalue weighted by Crippen LogP contribution is -2.40. The highest BCUT2D eigenvalue weighted by Crippen LogP contribution is 2.37. The van der Waals surface area contributed by atoms with E-state index in [1.54, 1.807) is 0 Å². The summed E-state index contributed by atoms with van der Waals surface area (Å²) in [5, 5.41) is -1.41. The molecule has 0 radical (unpaired) electrons. The Balaban J connectivity index is 2.11. The molecule has 0 saturated heterocycles. The molecule has 0 aromatic heterocycles. The van der Waals surface area contributed by atoms with Gasteiger partial charge in [-0.15, -0.1) is 0 Å². The van der Waals surface area contributed by atoms with Gasteiger partial charge in [0.05, 0.1) is 15.7 Å². The minimum atomic E-state index is -3.56. The van der Waals surface area contributed by atoms with Gasteiger partial charge in [-0.3, -0.25) is 0 Å². The summed E-state index contributed by atoms with van der Waals surface area (Å²) in [6, 6.07) is 28.4. The number of sulfone groups is 3. The molecule has 234 valence electrons. The van der Waals surface area contributed by atoms with Crippen molar-refractivity contribution >= 4 is 43.7 Å². The van der Waals surface area contributed by atoms with E-state index >= 15 is 0 Å². The van der Waals surface area contributed by atoms with E-state index < -0.39 is 59.4 Å². The summed E-state index contributed by atoms with van der Waals surface area (Å²) in [5.74, 6) is -1.01. The molecule has 0 fully saturated rings. The van der Waals surface area contributed by atoms with Crippen molar-refractivity contribution < 1.29 is 25.3 Å². The number of benzene rings is 3. The zero-order chi connectivity index (χ0) is 32.0. The van der Waals surface area contributed by atoms with Gasteiger partial charge in [0.2, 0.25) is 0 Å². The molecule has 6 nitrogen and oxygen atoms in total. The monoisotopic (exact) mass is 660 g/mol. The van der Waals surface area contributed by atoms with Crippen molar-refractivity contribution in [1.29, 1.82) is 0 Å². The second kappa shape index (κ2) is 14.9. The SMILES string of the molecule is CC(c1ccccc1)C([CH2][Al]([CH2]C(C(C)c1ccccc1)S(C)(=O)=O)[CH2]C(C(C)c1ccccc1)S(C)(=O)=O)S(C)(=O)=O. The van der Waals surface area contributed by atoms with Crippen molar-refractivity contribution in [2.24, 2.45) is 0 Å². The van der Waals surface area contributed by atoms with Gasteiger partial charge in [0.25, 0.3) is 14.1 Å². The predicted molar refractivity (Wildman–Crippen MR) is 181 cm³/mol. The topological polar surface area (TPSA) is 102 Å². The zero-order valence-electron chi connectivity index (χ0n) is 26.0. The molecule has 43 heavy (non-hydrogen) atoms. The highest BCUT2D eigenvalue weighted by atomic mass is 32.2. The standard InChI is InChI=1S/3C11H15O2S.Al/c3*1-9(10(2)14(3,12)13)11-7-5-4-6-8-11;/h3*4-10H,2H2,1,3H3;. The Morgan fingerprint density at radius 1 is 0.442 bits per heavy atom. The quantitative estimate of drug-likeness (QED) is 0.182. The van der Waals surface area contributed by atoms with Gasteiger partial charge in [0, 0.05) is 18.8 Å². The Morgan fingerprint density at radius 3 is 0.837 bits per heavy atom. The fraction of sp³-hybridized carbons (Fsp3) is 0.455. The van der Waals surface area contributed by atoms with Crippen molar-refractivity contribution in [3.8, 4) is 0 Å². The Bertz CT molecular complexity index is 1430. The zero-order valence-corrected chi connectivity index (χ0v) is 29.6. The molecule has 3 rings (SSSR count). The van der Waals surface area contributed by atoms with Gasteiger partial charge in [0.1, 0.15) is 29.5 Å². The van der Waals surface area contributed by atoms with E-state index in [-0.39, 0.29) is 33.6 Å². The minimum Gasteiger partial charge on any atom is -0.229 e. The molecule has 0 aliphatic rings. The van der Waals surface area contributed by atoms with Crippen LogP contribution in [-0.4, -0.2) is 73.9 Å². The van der Waals surface area contributed by atoms with Crippen molar-refractivity contribution in [3.05, 3.63) is 108 Å². The van der Waals surface area contributed by atoms with Crippen LogP contribution < -0.4 is 0 Å². The third-order valence-corrected chi connectivity index (χ3v) is 18.6. The lowest BCUT2D eigenvalue weighted by atomic mass is 9.98. The van der Waals surface area contributed by atoms with Crippen LogP contribution in [0.4, 0.5) is 0 Å². The van der Waals surface area contributed by atoms with Gasteiger partial charge >= 0.3 is 0 Å². The molecule has 0 aliphatic carbocycles. The molecule has 0 saturated carbocycles. The predicted octanol–water partition coefficient (Wildman–Crippen LogP) is 6.13. The molecule has 6 unspecified atom stereocenters. The Hall–Kier alpha value is -1.96. The Kier molecular flexibility index (Phi) is 12.3. The molecule has 10 heteroatoms. The molecule has 3 aromatic carbocycles. The number of hydrogen-bond donors (Lipinski definition) is 0. The van der Waals surface area contributed by atoms with Crippen molar-refractivity contribution in [3.63, 3.8) is 0 Å². The molecular formula is C33H45AlO6S3. The van der Waals surface area contributed by atoms with Gasteiger partial charge in [-0.05, 0) is 34.4 Å². The summed E-state index contributed by atoms with van der Waals surface area (Å²) < 4.78 is 80.1. The molecule has 0 bridgehead atoms. The van der Waals surface area contributed by atoms with Crippen LogP contribution in [0, 0.1) is 0 Å². The molecular weight excluding hydrogens is 616 g/mol.